The molecule has 0 saturated carbocycles. The highest BCUT2D eigenvalue weighted by Crippen LogP contribution is 2.29. The van der Waals surface area contributed by atoms with Gasteiger partial charge >= 0.3 is 5.97 Å². The smallest absolute Gasteiger partial charge is 0.343 e. The van der Waals surface area contributed by atoms with Crippen LogP contribution >= 0.6 is 0 Å². The number of unbranched alkanes of at least 4 members (excludes halogenated alkanes) is 3. The van der Waals surface area contributed by atoms with Crippen molar-refractivity contribution >= 4 is 16.1 Å². The minimum absolute atomic E-state index is 0.264. The Kier molecular flexibility index (Phi) is 7.17. The van der Waals surface area contributed by atoms with E-state index in [1.807, 2.05) is 0 Å². The van der Waals surface area contributed by atoms with Gasteiger partial charge in [-0.2, -0.15) is 8.42 Å². The first-order valence-corrected chi connectivity index (χ1v) is 9.87. The molecule has 2 rings (SSSR count). The van der Waals surface area contributed by atoms with Gasteiger partial charge < -0.3 is 9.47 Å². The summed E-state index contributed by atoms with van der Waals surface area (Å²) in [6.07, 6.45) is 4.14. The molecule has 0 aromatic heterocycles. The normalized spacial score (nSPS) is 11.2. The van der Waals surface area contributed by atoms with Crippen LogP contribution < -0.4 is 9.47 Å². The SMILES string of the molecule is CCCCCCOc1ccc(S(=O)(=O)O)c(OC(=O)c2ccccc2)c1. The van der Waals surface area contributed by atoms with Crippen molar-refractivity contribution in [3.8, 4) is 11.5 Å². The summed E-state index contributed by atoms with van der Waals surface area (Å²) in [5.74, 6) is -0.632. The van der Waals surface area contributed by atoms with E-state index >= 15 is 0 Å². The number of hydrogen-bond donors (Lipinski definition) is 1. The first-order valence-electron chi connectivity index (χ1n) is 8.43. The highest BCUT2D eigenvalue weighted by molar-refractivity contribution is 7.86. The summed E-state index contributed by atoms with van der Waals surface area (Å²) in [5, 5.41) is 0. The summed E-state index contributed by atoms with van der Waals surface area (Å²) >= 11 is 0. The predicted octanol–water partition coefficient (Wildman–Crippen LogP) is 4.11. The van der Waals surface area contributed by atoms with Gasteiger partial charge in [-0.15, -0.1) is 0 Å². The molecule has 0 fully saturated rings. The summed E-state index contributed by atoms with van der Waals surface area (Å²) in [6, 6.07) is 12.0. The van der Waals surface area contributed by atoms with Crippen LogP contribution in [0.1, 0.15) is 43.0 Å². The van der Waals surface area contributed by atoms with E-state index in [2.05, 4.69) is 6.92 Å². The molecule has 0 radical (unpaired) electrons. The maximum absolute atomic E-state index is 12.2. The fourth-order valence-corrected chi connectivity index (χ4v) is 2.92. The maximum Gasteiger partial charge on any atom is 0.343 e. The summed E-state index contributed by atoms with van der Waals surface area (Å²) in [7, 11) is -4.54. The monoisotopic (exact) mass is 378 g/mol. The Hall–Kier alpha value is -2.38. The van der Waals surface area contributed by atoms with E-state index in [0.717, 1.165) is 31.7 Å². The van der Waals surface area contributed by atoms with E-state index in [4.69, 9.17) is 9.47 Å². The zero-order valence-corrected chi connectivity index (χ0v) is 15.4. The first kappa shape index (κ1) is 19.9. The van der Waals surface area contributed by atoms with Crippen LogP contribution in [0.25, 0.3) is 0 Å². The quantitative estimate of drug-likeness (QED) is 0.306. The molecular weight excluding hydrogens is 356 g/mol. The lowest BCUT2D eigenvalue weighted by atomic mass is 10.2. The van der Waals surface area contributed by atoms with Crippen LogP contribution in [0.2, 0.25) is 0 Å². The molecule has 0 spiro atoms. The molecule has 0 bridgehead atoms. The summed E-state index contributed by atoms with van der Waals surface area (Å²) < 4.78 is 43.2. The minimum atomic E-state index is -4.54. The molecule has 0 heterocycles. The second-order valence-corrected chi connectivity index (χ2v) is 7.14. The van der Waals surface area contributed by atoms with Gasteiger partial charge in [0.05, 0.1) is 12.2 Å². The molecule has 2 aromatic carbocycles. The van der Waals surface area contributed by atoms with Gasteiger partial charge in [0.1, 0.15) is 10.6 Å². The van der Waals surface area contributed by atoms with E-state index < -0.39 is 21.0 Å². The van der Waals surface area contributed by atoms with E-state index in [0.29, 0.717) is 12.4 Å². The van der Waals surface area contributed by atoms with Crippen molar-refractivity contribution in [1.82, 2.24) is 0 Å². The fraction of sp³-hybridized carbons (Fsp3) is 0.316. The fourth-order valence-electron chi connectivity index (χ4n) is 2.32. The Balaban J connectivity index is 2.18. The molecule has 0 amide bonds. The summed E-state index contributed by atoms with van der Waals surface area (Å²) in [4.78, 5) is 11.7. The van der Waals surface area contributed by atoms with Crippen molar-refractivity contribution in [3.05, 3.63) is 54.1 Å². The molecule has 2 aromatic rings. The lowest BCUT2D eigenvalue weighted by molar-refractivity contribution is 0.0729. The molecule has 0 aliphatic heterocycles. The van der Waals surface area contributed by atoms with E-state index in [-0.39, 0.29) is 11.3 Å². The Bertz CT molecular complexity index is 830. The number of rotatable bonds is 9. The first-order chi connectivity index (χ1) is 12.4. The van der Waals surface area contributed by atoms with Gasteiger partial charge in [-0.1, -0.05) is 44.4 Å². The number of ether oxygens (including phenoxy) is 2. The third kappa shape index (κ3) is 5.86. The molecule has 0 aliphatic carbocycles. The molecule has 7 heteroatoms. The topological polar surface area (TPSA) is 89.9 Å². The van der Waals surface area contributed by atoms with Gasteiger partial charge in [0.25, 0.3) is 10.1 Å². The van der Waals surface area contributed by atoms with Crippen LogP contribution in [0.15, 0.2) is 53.4 Å². The van der Waals surface area contributed by atoms with Gasteiger partial charge in [-0.3, -0.25) is 4.55 Å². The molecule has 6 nitrogen and oxygen atoms in total. The largest absolute Gasteiger partial charge is 0.493 e. The molecule has 0 aliphatic rings. The van der Waals surface area contributed by atoms with Crippen LogP contribution in [0.3, 0.4) is 0 Å². The third-order valence-electron chi connectivity index (χ3n) is 3.67. The second kappa shape index (κ2) is 9.35. The Labute approximate surface area is 153 Å². The summed E-state index contributed by atoms with van der Waals surface area (Å²) in [5.41, 5.74) is 0.264. The average Bonchev–Trinajstić information content (AvgIpc) is 2.61. The van der Waals surface area contributed by atoms with E-state index in [1.165, 1.54) is 12.1 Å². The Morgan fingerprint density at radius 3 is 2.42 bits per heavy atom. The molecule has 0 unspecified atom stereocenters. The average molecular weight is 378 g/mol. The van der Waals surface area contributed by atoms with Gasteiger partial charge in [0.2, 0.25) is 0 Å². The van der Waals surface area contributed by atoms with Gasteiger partial charge in [0.15, 0.2) is 5.75 Å². The zero-order valence-electron chi connectivity index (χ0n) is 14.6. The summed E-state index contributed by atoms with van der Waals surface area (Å²) in [6.45, 7) is 2.58. The van der Waals surface area contributed by atoms with Crippen molar-refractivity contribution < 1.29 is 27.2 Å². The minimum Gasteiger partial charge on any atom is -0.493 e. The van der Waals surface area contributed by atoms with Gasteiger partial charge in [-0.05, 0) is 30.7 Å². The van der Waals surface area contributed by atoms with Crippen molar-refractivity contribution in [2.45, 2.75) is 37.5 Å². The molecule has 26 heavy (non-hydrogen) atoms. The maximum atomic E-state index is 12.2. The number of hydrogen-bond acceptors (Lipinski definition) is 5. The molecule has 0 saturated heterocycles. The molecule has 0 atom stereocenters. The van der Waals surface area contributed by atoms with Crippen LogP contribution in [0.4, 0.5) is 0 Å². The van der Waals surface area contributed by atoms with Crippen LogP contribution in [-0.4, -0.2) is 25.5 Å². The highest BCUT2D eigenvalue weighted by Gasteiger charge is 2.20. The lowest BCUT2D eigenvalue weighted by Crippen LogP contribution is -2.11. The van der Waals surface area contributed by atoms with Crippen molar-refractivity contribution in [2.24, 2.45) is 0 Å². The van der Waals surface area contributed by atoms with Crippen molar-refractivity contribution in [2.75, 3.05) is 6.61 Å². The van der Waals surface area contributed by atoms with Gasteiger partial charge in [0, 0.05) is 6.07 Å². The zero-order chi connectivity index (χ0) is 19.0. The van der Waals surface area contributed by atoms with Crippen LogP contribution in [-0.2, 0) is 10.1 Å². The number of esters is 1. The van der Waals surface area contributed by atoms with E-state index in [1.54, 1.807) is 30.3 Å². The predicted molar refractivity (Wildman–Crippen MR) is 97.3 cm³/mol. The van der Waals surface area contributed by atoms with Crippen LogP contribution in [0.5, 0.6) is 11.5 Å². The van der Waals surface area contributed by atoms with Crippen molar-refractivity contribution in [3.63, 3.8) is 0 Å². The Morgan fingerprint density at radius 1 is 1.04 bits per heavy atom. The second-order valence-electron chi connectivity index (χ2n) is 5.75. The van der Waals surface area contributed by atoms with E-state index in [9.17, 15) is 17.8 Å². The lowest BCUT2D eigenvalue weighted by Gasteiger charge is -2.11. The number of carbonyl (C=O) groups is 1. The molecular formula is C19H22O6S. The molecule has 140 valence electrons. The third-order valence-corrected chi connectivity index (χ3v) is 4.56. The number of benzene rings is 2. The van der Waals surface area contributed by atoms with Gasteiger partial charge in [-0.25, -0.2) is 4.79 Å². The number of carbonyl (C=O) groups excluding carboxylic acids is 1. The standard InChI is InChI=1S/C19H22O6S/c1-2-3-4-8-13-24-16-11-12-18(26(21,22)23)17(14-16)25-19(20)15-9-6-5-7-10-15/h5-7,9-12,14H,2-4,8,13H2,1H3,(H,21,22,23). The van der Waals surface area contributed by atoms with Crippen LogP contribution in [0, 0.1) is 0 Å². The Morgan fingerprint density at radius 2 is 1.77 bits per heavy atom. The highest BCUT2D eigenvalue weighted by atomic mass is 32.2. The van der Waals surface area contributed by atoms with Crippen molar-refractivity contribution in [1.29, 1.82) is 0 Å². The molecule has 1 N–H and O–H groups in total.